The molecule has 5 nitrogen and oxygen atoms in total. The van der Waals surface area contributed by atoms with Crippen LogP contribution in [-0.2, 0) is 16.1 Å². The summed E-state index contributed by atoms with van der Waals surface area (Å²) in [5.74, 6) is 1.47. The number of carbonyl (C=O) groups is 1. The van der Waals surface area contributed by atoms with E-state index in [0.717, 1.165) is 45.1 Å². The van der Waals surface area contributed by atoms with Gasteiger partial charge in [0.1, 0.15) is 18.1 Å². The highest BCUT2D eigenvalue weighted by molar-refractivity contribution is 5.71. The number of esters is 1. The molecule has 2 aromatic rings. The molecule has 1 aromatic carbocycles. The number of rotatable bonds is 5. The van der Waals surface area contributed by atoms with Gasteiger partial charge in [0, 0.05) is 34.0 Å². The Hall–Kier alpha value is -2.56. The summed E-state index contributed by atoms with van der Waals surface area (Å²) in [6, 6.07) is 6.08. The number of carbonyl (C=O) groups excluding carboxylic acids is 1. The van der Waals surface area contributed by atoms with E-state index < -0.39 is 0 Å². The van der Waals surface area contributed by atoms with E-state index in [-0.39, 0.29) is 11.9 Å². The van der Waals surface area contributed by atoms with E-state index >= 15 is 0 Å². The summed E-state index contributed by atoms with van der Waals surface area (Å²) in [7, 11) is 1.41. The fourth-order valence-electron chi connectivity index (χ4n) is 3.46. The molecule has 2 heterocycles. The first-order chi connectivity index (χ1) is 12.4. The lowest BCUT2D eigenvalue weighted by Gasteiger charge is -2.16. The van der Waals surface area contributed by atoms with Crippen molar-refractivity contribution < 1.29 is 19.0 Å². The van der Waals surface area contributed by atoms with Crippen LogP contribution in [0, 0.1) is 27.7 Å². The summed E-state index contributed by atoms with van der Waals surface area (Å²) in [4.78, 5) is 16.1. The van der Waals surface area contributed by atoms with Gasteiger partial charge in [0.15, 0.2) is 0 Å². The van der Waals surface area contributed by atoms with Gasteiger partial charge in [-0.1, -0.05) is 6.07 Å². The van der Waals surface area contributed by atoms with Gasteiger partial charge in [-0.2, -0.15) is 0 Å². The van der Waals surface area contributed by atoms with Crippen molar-refractivity contribution >= 4 is 5.97 Å². The first-order valence-corrected chi connectivity index (χ1v) is 8.80. The molecule has 0 spiro atoms. The third-order valence-corrected chi connectivity index (χ3v) is 4.92. The van der Waals surface area contributed by atoms with Gasteiger partial charge in [0.25, 0.3) is 0 Å². The number of fused-ring (bicyclic) bond motifs is 1. The van der Waals surface area contributed by atoms with Crippen LogP contribution in [0.3, 0.4) is 0 Å². The van der Waals surface area contributed by atoms with Gasteiger partial charge in [-0.15, -0.1) is 0 Å². The lowest BCUT2D eigenvalue weighted by atomic mass is 9.92. The number of nitrogens with zero attached hydrogens (tertiary/aromatic N) is 1. The lowest BCUT2D eigenvalue weighted by molar-refractivity contribution is -0.141. The second-order valence-corrected chi connectivity index (χ2v) is 6.83. The van der Waals surface area contributed by atoms with Crippen LogP contribution in [0.5, 0.6) is 11.5 Å². The minimum atomic E-state index is -0.217. The van der Waals surface area contributed by atoms with E-state index in [2.05, 4.69) is 11.1 Å². The van der Waals surface area contributed by atoms with Gasteiger partial charge < -0.3 is 14.2 Å². The standard InChI is InChI=1S/C21H25NO4/c1-12-8-18(25-10-16-7-6-13(2)22-15(16)4)14(3)21-20(12)17(11-26-21)9-19(23)24-5/h6-8,17H,9-11H2,1-5H3. The second-order valence-electron chi connectivity index (χ2n) is 6.83. The Morgan fingerprint density at radius 2 is 2.04 bits per heavy atom. The third-order valence-electron chi connectivity index (χ3n) is 4.92. The maximum atomic E-state index is 11.6. The van der Waals surface area contributed by atoms with Crippen molar-refractivity contribution in [1.29, 1.82) is 0 Å². The highest BCUT2D eigenvalue weighted by Gasteiger charge is 2.31. The SMILES string of the molecule is COC(=O)CC1COc2c(C)c(OCc3ccc(C)nc3C)cc(C)c21. The Balaban J connectivity index is 1.82. The Bertz CT molecular complexity index is 844. The van der Waals surface area contributed by atoms with Gasteiger partial charge in [-0.3, -0.25) is 9.78 Å². The zero-order valence-corrected chi connectivity index (χ0v) is 16.0. The van der Waals surface area contributed by atoms with E-state index in [1.54, 1.807) is 0 Å². The van der Waals surface area contributed by atoms with Crippen molar-refractivity contribution in [3.05, 3.63) is 51.8 Å². The average molecular weight is 355 g/mol. The number of hydrogen-bond acceptors (Lipinski definition) is 5. The largest absolute Gasteiger partial charge is 0.492 e. The van der Waals surface area contributed by atoms with Gasteiger partial charge in [0.05, 0.1) is 20.1 Å². The van der Waals surface area contributed by atoms with Crippen LogP contribution >= 0.6 is 0 Å². The minimum Gasteiger partial charge on any atom is -0.492 e. The number of aryl methyl sites for hydroxylation is 3. The molecule has 5 heteroatoms. The van der Waals surface area contributed by atoms with Crippen molar-refractivity contribution in [1.82, 2.24) is 4.98 Å². The maximum absolute atomic E-state index is 11.6. The number of ether oxygens (including phenoxy) is 3. The van der Waals surface area contributed by atoms with Crippen molar-refractivity contribution in [3.8, 4) is 11.5 Å². The van der Waals surface area contributed by atoms with Crippen LogP contribution in [-0.4, -0.2) is 24.7 Å². The molecule has 0 bridgehead atoms. The number of methoxy groups -OCH3 is 1. The zero-order valence-electron chi connectivity index (χ0n) is 16.0. The normalized spacial score (nSPS) is 15.3. The monoisotopic (exact) mass is 355 g/mol. The summed E-state index contributed by atoms with van der Waals surface area (Å²) in [6.45, 7) is 8.96. The van der Waals surface area contributed by atoms with Crippen molar-refractivity contribution in [2.45, 2.75) is 46.6 Å². The van der Waals surface area contributed by atoms with E-state index in [9.17, 15) is 4.79 Å². The van der Waals surface area contributed by atoms with Crippen LogP contribution in [0.15, 0.2) is 18.2 Å². The van der Waals surface area contributed by atoms with Gasteiger partial charge >= 0.3 is 5.97 Å². The zero-order chi connectivity index (χ0) is 18.8. The quantitative estimate of drug-likeness (QED) is 0.761. The first-order valence-electron chi connectivity index (χ1n) is 8.80. The van der Waals surface area contributed by atoms with Crippen molar-refractivity contribution in [2.75, 3.05) is 13.7 Å². The number of benzene rings is 1. The smallest absolute Gasteiger partial charge is 0.306 e. The lowest BCUT2D eigenvalue weighted by Crippen LogP contribution is -2.10. The molecule has 0 aliphatic carbocycles. The molecular formula is C21H25NO4. The van der Waals surface area contributed by atoms with Crippen LogP contribution in [0.1, 0.15) is 46.0 Å². The molecule has 0 N–H and O–H groups in total. The van der Waals surface area contributed by atoms with E-state index in [1.807, 2.05) is 39.8 Å². The molecule has 1 aliphatic rings. The maximum Gasteiger partial charge on any atom is 0.306 e. The van der Waals surface area contributed by atoms with Crippen molar-refractivity contribution in [3.63, 3.8) is 0 Å². The molecule has 3 rings (SSSR count). The number of pyridine rings is 1. The van der Waals surface area contributed by atoms with Crippen LogP contribution in [0.4, 0.5) is 0 Å². The summed E-state index contributed by atoms with van der Waals surface area (Å²) >= 11 is 0. The third kappa shape index (κ3) is 3.52. The van der Waals surface area contributed by atoms with Crippen LogP contribution in [0.2, 0.25) is 0 Å². The summed E-state index contributed by atoms with van der Waals surface area (Å²) in [5.41, 5.74) is 6.18. The van der Waals surface area contributed by atoms with E-state index in [1.165, 1.54) is 7.11 Å². The fraction of sp³-hybridized carbons (Fsp3) is 0.429. The molecule has 1 aromatic heterocycles. The second kappa shape index (κ2) is 7.36. The highest BCUT2D eigenvalue weighted by atomic mass is 16.5. The summed E-state index contributed by atoms with van der Waals surface area (Å²) in [5, 5.41) is 0. The predicted molar refractivity (Wildman–Crippen MR) is 98.8 cm³/mol. The molecule has 1 unspecified atom stereocenters. The Kier molecular flexibility index (Phi) is 5.16. The molecule has 26 heavy (non-hydrogen) atoms. The fourth-order valence-corrected chi connectivity index (χ4v) is 3.46. The summed E-state index contributed by atoms with van der Waals surface area (Å²) in [6.07, 6.45) is 0.332. The molecule has 138 valence electrons. The molecule has 1 atom stereocenters. The molecular weight excluding hydrogens is 330 g/mol. The topological polar surface area (TPSA) is 57.7 Å². The number of aromatic nitrogens is 1. The van der Waals surface area contributed by atoms with E-state index in [4.69, 9.17) is 14.2 Å². The first kappa shape index (κ1) is 18.2. The van der Waals surface area contributed by atoms with Crippen LogP contribution in [0.25, 0.3) is 0 Å². The molecule has 0 fully saturated rings. The van der Waals surface area contributed by atoms with Gasteiger partial charge in [-0.05, 0) is 45.4 Å². The molecule has 0 saturated carbocycles. The van der Waals surface area contributed by atoms with Crippen molar-refractivity contribution in [2.24, 2.45) is 0 Å². The van der Waals surface area contributed by atoms with Crippen LogP contribution < -0.4 is 9.47 Å². The Morgan fingerprint density at radius 1 is 1.27 bits per heavy atom. The average Bonchev–Trinajstić information content (AvgIpc) is 3.02. The Morgan fingerprint density at radius 3 is 2.73 bits per heavy atom. The molecule has 0 saturated heterocycles. The molecule has 0 amide bonds. The number of hydrogen-bond donors (Lipinski definition) is 0. The predicted octanol–water partition coefficient (Wildman–Crippen LogP) is 3.93. The minimum absolute atomic E-state index is 0.0359. The Labute approximate surface area is 154 Å². The van der Waals surface area contributed by atoms with Gasteiger partial charge in [-0.25, -0.2) is 0 Å². The van der Waals surface area contributed by atoms with E-state index in [0.29, 0.717) is 19.6 Å². The molecule has 0 radical (unpaired) electrons. The molecule has 1 aliphatic heterocycles. The highest BCUT2D eigenvalue weighted by Crippen LogP contribution is 2.44. The summed E-state index contributed by atoms with van der Waals surface area (Å²) < 4.78 is 16.8. The van der Waals surface area contributed by atoms with Gasteiger partial charge in [0.2, 0.25) is 0 Å².